The van der Waals surface area contributed by atoms with E-state index in [1.165, 1.54) is 5.56 Å². The summed E-state index contributed by atoms with van der Waals surface area (Å²) in [6, 6.07) is 12.6. The molecule has 1 amide bonds. The van der Waals surface area contributed by atoms with Gasteiger partial charge in [0.25, 0.3) is 5.91 Å². The molecule has 2 aromatic heterocycles. The number of aryl methyl sites for hydroxylation is 1. The van der Waals surface area contributed by atoms with E-state index < -0.39 is 5.54 Å². The van der Waals surface area contributed by atoms with Gasteiger partial charge in [0.05, 0.1) is 23.3 Å². The molecule has 0 saturated carbocycles. The predicted octanol–water partition coefficient (Wildman–Crippen LogP) is 5.34. The molecule has 1 fully saturated rings. The molecule has 1 saturated heterocycles. The molecule has 0 unspecified atom stereocenters. The third kappa shape index (κ3) is 2.74. The van der Waals surface area contributed by atoms with Crippen molar-refractivity contribution in [3.8, 4) is 33.5 Å². The summed E-state index contributed by atoms with van der Waals surface area (Å²) < 4.78 is 8.52. The molecule has 0 aliphatic carbocycles. The number of amides is 1. The summed E-state index contributed by atoms with van der Waals surface area (Å²) in [7, 11) is 1.67. The first kappa shape index (κ1) is 19.4. The molecule has 30 heavy (non-hydrogen) atoms. The largest absolute Gasteiger partial charge is 0.496 e. The third-order valence-electron chi connectivity index (χ3n) is 6.24. The van der Waals surface area contributed by atoms with Crippen LogP contribution in [0, 0.1) is 11.3 Å². The van der Waals surface area contributed by atoms with Crippen LogP contribution in [0.1, 0.15) is 29.4 Å². The van der Waals surface area contributed by atoms with E-state index >= 15 is 0 Å². The molecule has 0 bridgehead atoms. The second-order valence-corrected chi connectivity index (χ2v) is 9.71. The quantitative estimate of drug-likeness (QED) is 0.507. The maximum Gasteiger partial charge on any atom is 0.271 e. The lowest BCUT2D eigenvalue weighted by Crippen LogP contribution is -2.59. The van der Waals surface area contributed by atoms with E-state index in [1.54, 1.807) is 23.3 Å². The topological polar surface area (TPSA) is 58.3 Å². The van der Waals surface area contributed by atoms with Gasteiger partial charge in [0, 0.05) is 35.5 Å². The van der Waals surface area contributed by atoms with E-state index in [-0.39, 0.29) is 5.91 Å². The van der Waals surface area contributed by atoms with Crippen LogP contribution in [0.15, 0.2) is 40.2 Å². The summed E-state index contributed by atoms with van der Waals surface area (Å²) in [6.07, 6.45) is 1.54. The maximum atomic E-state index is 13.5. The summed E-state index contributed by atoms with van der Waals surface area (Å²) in [4.78, 5) is 16.3. The molecule has 2 aliphatic heterocycles. The summed E-state index contributed by atoms with van der Waals surface area (Å²) in [5.74, 6) is 0.749. The van der Waals surface area contributed by atoms with E-state index in [0.717, 1.165) is 51.3 Å². The van der Waals surface area contributed by atoms with Crippen LogP contribution in [0.25, 0.3) is 21.7 Å². The highest BCUT2D eigenvalue weighted by Gasteiger charge is 2.45. The molecule has 7 heteroatoms. The Morgan fingerprint density at radius 3 is 2.77 bits per heavy atom. The summed E-state index contributed by atoms with van der Waals surface area (Å²) in [5, 5.41) is 11.6. The van der Waals surface area contributed by atoms with Crippen LogP contribution in [0.3, 0.4) is 0 Å². The van der Waals surface area contributed by atoms with Gasteiger partial charge in [-0.15, -0.1) is 11.3 Å². The smallest absolute Gasteiger partial charge is 0.271 e. The van der Waals surface area contributed by atoms with Crippen LogP contribution in [0.2, 0.25) is 0 Å². The average molecular weight is 482 g/mol. The van der Waals surface area contributed by atoms with E-state index in [9.17, 15) is 10.1 Å². The molecule has 1 atom stereocenters. The number of halogens is 1. The summed E-state index contributed by atoms with van der Waals surface area (Å²) in [5.41, 5.74) is 4.39. The van der Waals surface area contributed by atoms with Crippen LogP contribution in [0.5, 0.6) is 5.75 Å². The Morgan fingerprint density at radius 2 is 2.13 bits per heavy atom. The van der Waals surface area contributed by atoms with Crippen LogP contribution >= 0.6 is 27.3 Å². The number of nitriles is 1. The Morgan fingerprint density at radius 1 is 1.30 bits per heavy atom. The molecule has 5 nitrogen and oxygen atoms in total. The van der Waals surface area contributed by atoms with Gasteiger partial charge in [-0.2, -0.15) is 5.26 Å². The number of benzene rings is 1. The molecule has 4 heterocycles. The van der Waals surface area contributed by atoms with Crippen molar-refractivity contribution in [1.82, 2.24) is 9.47 Å². The highest BCUT2D eigenvalue weighted by Crippen LogP contribution is 2.45. The number of carbonyl (C=O) groups excluding carboxylic acids is 1. The Kier molecular flexibility index (Phi) is 4.53. The number of methoxy groups -OCH3 is 1. The molecule has 3 aromatic rings. The van der Waals surface area contributed by atoms with Crippen molar-refractivity contribution < 1.29 is 9.53 Å². The lowest BCUT2D eigenvalue weighted by Gasteiger charge is -2.45. The lowest BCUT2D eigenvalue weighted by atomic mass is 9.88. The molecular formula is C23H20BrN3O2S. The van der Waals surface area contributed by atoms with E-state index in [2.05, 4.69) is 50.1 Å². The maximum absolute atomic E-state index is 13.5. The van der Waals surface area contributed by atoms with Crippen LogP contribution in [0.4, 0.5) is 0 Å². The fraction of sp³-hybridized carbons (Fsp3) is 0.304. The fourth-order valence-corrected chi connectivity index (χ4v) is 5.67. The number of rotatable bonds is 3. The highest BCUT2D eigenvalue weighted by molar-refractivity contribution is 9.10. The third-order valence-corrected chi connectivity index (χ3v) is 7.77. The van der Waals surface area contributed by atoms with Gasteiger partial charge < -0.3 is 14.2 Å². The van der Waals surface area contributed by atoms with Crippen LogP contribution in [-0.4, -0.2) is 34.6 Å². The van der Waals surface area contributed by atoms with Gasteiger partial charge in [-0.1, -0.05) is 6.07 Å². The zero-order valence-corrected chi connectivity index (χ0v) is 19.1. The molecular weight excluding hydrogens is 462 g/mol. The normalized spacial score (nSPS) is 19.5. The lowest BCUT2D eigenvalue weighted by molar-refractivity contribution is 0.0294. The van der Waals surface area contributed by atoms with Crippen LogP contribution in [-0.2, 0) is 13.0 Å². The number of carbonyl (C=O) groups is 1. The van der Waals surface area contributed by atoms with Gasteiger partial charge >= 0.3 is 0 Å². The second-order valence-electron chi connectivity index (χ2n) is 7.91. The average Bonchev–Trinajstić information content (AvgIpc) is 3.39. The monoisotopic (exact) mass is 481 g/mol. The highest BCUT2D eigenvalue weighted by atomic mass is 79.9. The number of nitrogens with zero attached hydrogens (tertiary/aromatic N) is 3. The molecule has 0 spiro atoms. The van der Waals surface area contributed by atoms with Crippen molar-refractivity contribution in [2.45, 2.75) is 31.8 Å². The van der Waals surface area contributed by atoms with Gasteiger partial charge in [0.1, 0.15) is 17.0 Å². The van der Waals surface area contributed by atoms with Gasteiger partial charge in [0.2, 0.25) is 0 Å². The summed E-state index contributed by atoms with van der Waals surface area (Å²) in [6.45, 7) is 3.18. The van der Waals surface area contributed by atoms with Gasteiger partial charge in [-0.3, -0.25) is 4.79 Å². The minimum absolute atomic E-state index is 0.0645. The molecule has 5 rings (SSSR count). The second kappa shape index (κ2) is 7.00. The number of hydrogen-bond donors (Lipinski definition) is 0. The number of aromatic nitrogens is 1. The number of likely N-dealkylation sites (tertiary alicyclic amines) is 1. The minimum atomic E-state index is -0.714. The number of fused-ring (bicyclic) bond motifs is 3. The molecule has 1 aromatic carbocycles. The standard InChI is InChI=1S/C23H20BrN3O2S/c1-23(13-25)6-8-27(23)22(28)18-12-16(20-4-3-9-30-20)21-15-11-17(24)19(29-2)10-14(15)5-7-26(18)21/h3-4,9-12H,5-8H2,1-2H3/t23-/m1/s1. The Balaban J connectivity index is 1.70. The van der Waals surface area contributed by atoms with Gasteiger partial charge in [-0.05, 0) is 64.5 Å². The first-order valence-corrected chi connectivity index (χ1v) is 11.5. The molecule has 2 aliphatic rings. The van der Waals surface area contributed by atoms with E-state index in [0.29, 0.717) is 12.2 Å². The molecule has 152 valence electrons. The molecule has 0 N–H and O–H groups in total. The van der Waals surface area contributed by atoms with Crippen LogP contribution < -0.4 is 4.74 Å². The number of thiophene rings is 1. The Hall–Kier alpha value is -2.56. The Bertz CT molecular complexity index is 1210. The van der Waals surface area contributed by atoms with Gasteiger partial charge in [-0.25, -0.2) is 0 Å². The van der Waals surface area contributed by atoms with Gasteiger partial charge in [0.15, 0.2) is 0 Å². The van der Waals surface area contributed by atoms with E-state index in [1.807, 2.05) is 19.1 Å². The zero-order valence-electron chi connectivity index (χ0n) is 16.7. The number of ether oxygens (including phenoxy) is 1. The first-order chi connectivity index (χ1) is 14.5. The SMILES string of the molecule is COc1cc2c(cc1Br)-c1c(-c3cccs3)cc(C(=O)N3CC[C@]3(C)C#N)n1CC2. The predicted molar refractivity (Wildman–Crippen MR) is 121 cm³/mol. The fourth-order valence-electron chi connectivity index (χ4n) is 4.42. The minimum Gasteiger partial charge on any atom is -0.496 e. The molecule has 0 radical (unpaired) electrons. The first-order valence-electron chi connectivity index (χ1n) is 9.84. The van der Waals surface area contributed by atoms with Crippen molar-refractivity contribution in [2.75, 3.05) is 13.7 Å². The van der Waals surface area contributed by atoms with Crippen molar-refractivity contribution in [1.29, 1.82) is 5.26 Å². The van der Waals surface area contributed by atoms with Crippen molar-refractivity contribution in [3.63, 3.8) is 0 Å². The zero-order chi connectivity index (χ0) is 21.0. The van der Waals surface area contributed by atoms with Crippen molar-refractivity contribution in [3.05, 3.63) is 51.4 Å². The number of hydrogen-bond acceptors (Lipinski definition) is 4. The Labute approximate surface area is 187 Å². The summed E-state index contributed by atoms with van der Waals surface area (Å²) >= 11 is 5.29. The van der Waals surface area contributed by atoms with Crippen molar-refractivity contribution in [2.24, 2.45) is 0 Å². The van der Waals surface area contributed by atoms with E-state index in [4.69, 9.17) is 4.74 Å². The van der Waals surface area contributed by atoms with Crippen molar-refractivity contribution >= 4 is 33.2 Å².